The Balaban J connectivity index is 1.48. The van der Waals surface area contributed by atoms with Crippen molar-refractivity contribution in [3.63, 3.8) is 0 Å². The highest BCUT2D eigenvalue weighted by Crippen LogP contribution is 2.44. The number of carbonyl (C=O) groups excluding carboxylic acids is 2. The molecular weight excluding hydrogens is 587 g/mol. The van der Waals surface area contributed by atoms with Gasteiger partial charge in [0.05, 0.1) is 6.04 Å². The summed E-state index contributed by atoms with van der Waals surface area (Å²) in [5.41, 5.74) is 10.1. The Morgan fingerprint density at radius 1 is 0.848 bits per heavy atom. The molecule has 1 aliphatic rings. The van der Waals surface area contributed by atoms with Gasteiger partial charge < -0.3 is 9.16 Å². The van der Waals surface area contributed by atoms with Crippen LogP contribution in [0, 0.1) is 13.8 Å². The fourth-order valence-corrected chi connectivity index (χ4v) is 13.0. The van der Waals surface area contributed by atoms with Gasteiger partial charge in [-0.3, -0.25) is 4.79 Å². The van der Waals surface area contributed by atoms with Crippen molar-refractivity contribution in [3.05, 3.63) is 99.6 Å². The Kier molecular flexibility index (Phi) is 11.6. The summed E-state index contributed by atoms with van der Waals surface area (Å²) in [6.45, 7) is 23.1. The van der Waals surface area contributed by atoms with E-state index in [1.807, 2.05) is 30.3 Å². The second kappa shape index (κ2) is 15.0. The molecular formula is C40H55NO4Si. The topological polar surface area (TPSA) is 55.8 Å². The molecule has 0 saturated carbocycles. The van der Waals surface area contributed by atoms with Crippen molar-refractivity contribution < 1.29 is 18.8 Å². The zero-order valence-corrected chi connectivity index (χ0v) is 30.8. The summed E-state index contributed by atoms with van der Waals surface area (Å²) in [6, 6.07) is 20.9. The number of benzene rings is 3. The highest BCUT2D eigenvalue weighted by atomic mass is 28.4. The van der Waals surface area contributed by atoms with Crippen LogP contribution in [0.3, 0.4) is 0 Å². The molecule has 1 fully saturated rings. The van der Waals surface area contributed by atoms with E-state index in [2.05, 4.69) is 99.6 Å². The lowest BCUT2D eigenvalue weighted by Crippen LogP contribution is -2.50. The van der Waals surface area contributed by atoms with Crippen LogP contribution in [0.2, 0.25) is 16.6 Å². The molecule has 0 bridgehead atoms. The van der Waals surface area contributed by atoms with Crippen LogP contribution in [-0.4, -0.2) is 37.9 Å². The number of ether oxygens (including phenoxy) is 1. The number of carbonyl (C=O) groups is 2. The summed E-state index contributed by atoms with van der Waals surface area (Å²) in [7, 11) is -2.06. The van der Waals surface area contributed by atoms with Crippen LogP contribution in [0.5, 0.6) is 5.75 Å². The number of nitrogens with zero attached hydrogens (tertiary/aromatic N) is 1. The summed E-state index contributed by atoms with van der Waals surface area (Å²) in [5.74, 6) is 1.24. The van der Waals surface area contributed by atoms with E-state index in [4.69, 9.17) is 9.16 Å². The first-order valence-electron chi connectivity index (χ1n) is 17.2. The summed E-state index contributed by atoms with van der Waals surface area (Å²) < 4.78 is 12.4. The number of hydrogen-bond acceptors (Lipinski definition) is 4. The van der Waals surface area contributed by atoms with Crippen molar-refractivity contribution in [3.8, 4) is 5.75 Å². The van der Waals surface area contributed by atoms with Gasteiger partial charge >= 0.3 is 6.09 Å². The van der Waals surface area contributed by atoms with Gasteiger partial charge in [0, 0.05) is 6.42 Å². The van der Waals surface area contributed by atoms with Crippen molar-refractivity contribution >= 4 is 20.3 Å². The molecule has 0 spiro atoms. The Labute approximate surface area is 278 Å². The first-order chi connectivity index (χ1) is 21.7. The Morgan fingerprint density at radius 2 is 1.46 bits per heavy atom. The van der Waals surface area contributed by atoms with E-state index in [0.717, 1.165) is 23.3 Å². The van der Waals surface area contributed by atoms with Crippen molar-refractivity contribution in [2.75, 3.05) is 6.61 Å². The van der Waals surface area contributed by atoms with E-state index in [9.17, 15) is 9.59 Å². The predicted molar refractivity (Wildman–Crippen MR) is 191 cm³/mol. The van der Waals surface area contributed by atoms with Gasteiger partial charge in [0.25, 0.3) is 8.32 Å². The first-order valence-corrected chi connectivity index (χ1v) is 19.3. The molecule has 3 aromatic rings. The third kappa shape index (κ3) is 7.76. The van der Waals surface area contributed by atoms with Crippen molar-refractivity contribution in [1.82, 2.24) is 4.90 Å². The number of rotatable bonds is 13. The number of amides is 2. The monoisotopic (exact) mass is 641 g/mol. The van der Waals surface area contributed by atoms with Crippen LogP contribution < -0.4 is 4.43 Å². The quantitative estimate of drug-likeness (QED) is 0.174. The molecule has 0 aromatic heterocycles. The molecule has 1 atom stereocenters. The summed E-state index contributed by atoms with van der Waals surface area (Å²) in [5, 5.41) is 0. The predicted octanol–water partition coefficient (Wildman–Crippen LogP) is 10.1. The average Bonchev–Trinajstić information content (AvgIpc) is 3.36. The van der Waals surface area contributed by atoms with Gasteiger partial charge in [-0.15, -0.1) is 0 Å². The maximum absolute atomic E-state index is 13.2. The van der Waals surface area contributed by atoms with Crippen LogP contribution >= 0.6 is 0 Å². The Bertz CT molecular complexity index is 1470. The van der Waals surface area contributed by atoms with E-state index in [-0.39, 0.29) is 25.0 Å². The lowest BCUT2D eigenvalue weighted by atomic mass is 9.91. The van der Waals surface area contributed by atoms with Crippen LogP contribution in [-0.2, 0) is 28.8 Å². The highest BCUT2D eigenvalue weighted by Gasteiger charge is 2.47. The number of imide groups is 1. The minimum Gasteiger partial charge on any atom is -0.542 e. The molecule has 0 aliphatic carbocycles. The van der Waals surface area contributed by atoms with Gasteiger partial charge in [-0.2, -0.15) is 0 Å². The summed E-state index contributed by atoms with van der Waals surface area (Å²) >= 11 is 0. The number of aryl methyl sites for hydroxylation is 3. The van der Waals surface area contributed by atoms with E-state index in [1.54, 1.807) is 0 Å². The molecule has 0 N–H and O–H groups in total. The third-order valence-corrected chi connectivity index (χ3v) is 16.0. The minimum atomic E-state index is -2.06. The lowest BCUT2D eigenvalue weighted by molar-refractivity contribution is -0.129. The molecule has 6 heteroatoms. The van der Waals surface area contributed by atoms with Gasteiger partial charge in [0.15, 0.2) is 0 Å². The SMILES string of the molecule is Cc1cc(CCC(=O)N2C(=O)OC[C@@H]2Cc2ccccc2)cc(C)c1Cc1ccc(O[Si](C(C)C)(C(C)C)C(C)C)c(C(C)C)c1. The Morgan fingerprint density at radius 3 is 2.02 bits per heavy atom. The Hall–Kier alpha value is -3.38. The molecule has 248 valence electrons. The molecule has 46 heavy (non-hydrogen) atoms. The zero-order valence-electron chi connectivity index (χ0n) is 29.8. The molecule has 5 nitrogen and oxygen atoms in total. The largest absolute Gasteiger partial charge is 0.542 e. The van der Waals surface area contributed by atoms with Crippen LogP contribution in [0.25, 0.3) is 0 Å². The fraction of sp³-hybridized carbons (Fsp3) is 0.500. The van der Waals surface area contributed by atoms with E-state index in [1.165, 1.54) is 32.7 Å². The number of hydrogen-bond donors (Lipinski definition) is 0. The van der Waals surface area contributed by atoms with Gasteiger partial charge in [-0.1, -0.05) is 110 Å². The normalized spacial score (nSPS) is 15.4. The van der Waals surface area contributed by atoms with Gasteiger partial charge in [-0.05, 0) is 101 Å². The van der Waals surface area contributed by atoms with Gasteiger partial charge in [0.1, 0.15) is 12.4 Å². The number of cyclic esters (lactones) is 1. The van der Waals surface area contributed by atoms with Gasteiger partial charge in [0.2, 0.25) is 5.91 Å². The molecule has 2 amide bonds. The zero-order chi connectivity index (χ0) is 33.8. The average molecular weight is 642 g/mol. The molecule has 4 rings (SSSR count). The second-order valence-corrected chi connectivity index (χ2v) is 19.9. The molecule has 1 saturated heterocycles. The molecule has 1 aliphatic heterocycles. The van der Waals surface area contributed by atoms with Crippen LogP contribution in [0.4, 0.5) is 4.79 Å². The fourth-order valence-electron chi connectivity index (χ4n) is 7.68. The van der Waals surface area contributed by atoms with Crippen molar-refractivity contribution in [2.24, 2.45) is 0 Å². The summed E-state index contributed by atoms with van der Waals surface area (Å²) in [6.07, 6.45) is 1.77. The van der Waals surface area contributed by atoms with E-state index in [0.29, 0.717) is 35.4 Å². The standard InChI is InChI=1S/C40H55NO4Si/c1-26(2)36-23-34(16-18-38(36)45-46(27(3)4,28(5)6)29(7)8)24-37-30(9)20-33(21-31(37)10)17-19-39(42)41-35(25-44-40(41)43)22-32-14-12-11-13-15-32/h11-16,18,20-21,23,26-29,35H,17,19,22,24-25H2,1-10H3/t35-/m0/s1. The summed E-state index contributed by atoms with van der Waals surface area (Å²) in [4.78, 5) is 27.0. The highest BCUT2D eigenvalue weighted by molar-refractivity contribution is 6.78. The minimum absolute atomic E-state index is 0.175. The smallest absolute Gasteiger partial charge is 0.416 e. The van der Waals surface area contributed by atoms with Crippen LogP contribution in [0.1, 0.15) is 107 Å². The van der Waals surface area contributed by atoms with Crippen molar-refractivity contribution in [1.29, 1.82) is 0 Å². The molecule has 0 radical (unpaired) electrons. The van der Waals surface area contributed by atoms with Gasteiger partial charge in [-0.25, -0.2) is 9.69 Å². The lowest BCUT2D eigenvalue weighted by Gasteiger charge is -2.43. The second-order valence-electron chi connectivity index (χ2n) is 14.5. The maximum Gasteiger partial charge on any atom is 0.416 e. The van der Waals surface area contributed by atoms with E-state index >= 15 is 0 Å². The van der Waals surface area contributed by atoms with E-state index < -0.39 is 14.4 Å². The third-order valence-electron chi connectivity index (χ3n) is 10.00. The molecule has 3 aromatic carbocycles. The molecule has 0 unspecified atom stereocenters. The first kappa shape index (κ1) is 35.5. The van der Waals surface area contributed by atoms with Crippen molar-refractivity contribution in [2.45, 2.75) is 124 Å². The maximum atomic E-state index is 13.2. The van der Waals surface area contributed by atoms with Crippen LogP contribution in [0.15, 0.2) is 60.7 Å². The molecule has 1 heterocycles.